The Hall–Kier alpha value is -2.14. The summed E-state index contributed by atoms with van der Waals surface area (Å²) in [6.45, 7) is 2.40. The van der Waals surface area contributed by atoms with Gasteiger partial charge >= 0.3 is 0 Å². The van der Waals surface area contributed by atoms with Gasteiger partial charge in [-0.15, -0.1) is 0 Å². The van der Waals surface area contributed by atoms with E-state index in [-0.39, 0.29) is 11.7 Å². The lowest BCUT2D eigenvalue weighted by Crippen LogP contribution is -2.35. The van der Waals surface area contributed by atoms with Crippen LogP contribution in [0.5, 0.6) is 0 Å². The van der Waals surface area contributed by atoms with Crippen LogP contribution in [-0.4, -0.2) is 29.9 Å². The van der Waals surface area contributed by atoms with Crippen molar-refractivity contribution in [1.29, 1.82) is 0 Å². The molecule has 132 valence electrons. The first-order valence-electron chi connectivity index (χ1n) is 9.03. The van der Waals surface area contributed by atoms with Crippen molar-refractivity contribution in [3.05, 3.63) is 48.0 Å². The van der Waals surface area contributed by atoms with Gasteiger partial charge in [0.2, 0.25) is 5.91 Å². The van der Waals surface area contributed by atoms with Crippen LogP contribution in [0.1, 0.15) is 31.4 Å². The Morgan fingerprint density at radius 1 is 1.20 bits per heavy atom. The highest BCUT2D eigenvalue weighted by Gasteiger charge is 2.37. The number of nitrogens with zero attached hydrogens (tertiary/aromatic N) is 1. The molecule has 2 bridgehead atoms. The summed E-state index contributed by atoms with van der Waals surface area (Å²) in [5.41, 5.74) is 0.822. The van der Waals surface area contributed by atoms with Gasteiger partial charge in [-0.2, -0.15) is 0 Å². The minimum absolute atomic E-state index is 0.0579. The second-order valence-corrected chi connectivity index (χ2v) is 7.13. The summed E-state index contributed by atoms with van der Waals surface area (Å²) in [6, 6.07) is 10.6. The van der Waals surface area contributed by atoms with Crippen LogP contribution in [0, 0.1) is 11.7 Å². The van der Waals surface area contributed by atoms with Gasteiger partial charge in [0.1, 0.15) is 17.3 Å². The number of nitrogens with one attached hydrogen (secondary N) is 1. The number of furan rings is 1. The maximum absolute atomic E-state index is 13.0. The van der Waals surface area contributed by atoms with Crippen LogP contribution in [-0.2, 0) is 11.3 Å². The molecule has 0 spiro atoms. The molecule has 1 saturated heterocycles. The molecule has 2 aliphatic rings. The molecule has 1 amide bonds. The smallest absolute Gasteiger partial charge is 0.221 e. The zero-order valence-electron chi connectivity index (χ0n) is 14.2. The number of carbonyl (C=O) groups is 1. The van der Waals surface area contributed by atoms with E-state index in [1.165, 1.54) is 31.4 Å². The third kappa shape index (κ3) is 3.76. The molecule has 1 N–H and O–H groups in total. The number of carbonyl (C=O) groups excluding carboxylic acids is 1. The maximum Gasteiger partial charge on any atom is 0.221 e. The van der Waals surface area contributed by atoms with Crippen molar-refractivity contribution in [2.45, 2.75) is 38.3 Å². The Morgan fingerprint density at radius 3 is 2.76 bits per heavy atom. The summed E-state index contributed by atoms with van der Waals surface area (Å²) in [5, 5.41) is 2.92. The fourth-order valence-electron chi connectivity index (χ4n) is 4.06. The van der Waals surface area contributed by atoms with Gasteiger partial charge in [0, 0.05) is 31.1 Å². The van der Waals surface area contributed by atoms with Crippen LogP contribution in [0.4, 0.5) is 4.39 Å². The highest BCUT2D eigenvalue weighted by atomic mass is 19.1. The summed E-state index contributed by atoms with van der Waals surface area (Å²) in [6.07, 6.45) is 4.52. The van der Waals surface area contributed by atoms with E-state index >= 15 is 0 Å². The second-order valence-electron chi connectivity index (χ2n) is 7.13. The van der Waals surface area contributed by atoms with E-state index in [4.69, 9.17) is 4.42 Å². The number of hydrogen-bond acceptors (Lipinski definition) is 3. The molecule has 25 heavy (non-hydrogen) atoms. The van der Waals surface area contributed by atoms with Gasteiger partial charge in [0.05, 0.1) is 6.54 Å². The number of benzene rings is 1. The van der Waals surface area contributed by atoms with Crippen molar-refractivity contribution in [3.8, 4) is 11.3 Å². The Balaban J connectivity index is 1.24. The highest BCUT2D eigenvalue weighted by Crippen LogP contribution is 2.37. The van der Waals surface area contributed by atoms with E-state index in [1.807, 2.05) is 12.1 Å². The minimum atomic E-state index is -0.269. The topological polar surface area (TPSA) is 45.5 Å². The summed E-state index contributed by atoms with van der Waals surface area (Å²) in [7, 11) is 0. The fraction of sp³-hybridized carbons (Fsp3) is 0.450. The molecule has 4 rings (SSSR count). The van der Waals surface area contributed by atoms with Crippen molar-refractivity contribution >= 4 is 5.91 Å². The third-order valence-electron chi connectivity index (χ3n) is 5.40. The van der Waals surface area contributed by atoms with Gasteiger partial charge in [-0.05, 0) is 61.6 Å². The molecule has 1 aliphatic heterocycles. The lowest BCUT2D eigenvalue weighted by molar-refractivity contribution is -0.121. The van der Waals surface area contributed by atoms with Crippen LogP contribution in [0.15, 0.2) is 40.8 Å². The van der Waals surface area contributed by atoms with Gasteiger partial charge in [0.15, 0.2) is 0 Å². The first-order valence-corrected chi connectivity index (χ1v) is 9.03. The molecular weight excluding hydrogens is 319 g/mol. The summed E-state index contributed by atoms with van der Waals surface area (Å²) >= 11 is 0. The zero-order valence-corrected chi connectivity index (χ0v) is 14.2. The van der Waals surface area contributed by atoms with Crippen LogP contribution < -0.4 is 5.32 Å². The van der Waals surface area contributed by atoms with Crippen molar-refractivity contribution in [1.82, 2.24) is 10.2 Å². The number of piperidine rings is 1. The van der Waals surface area contributed by atoms with Gasteiger partial charge in [-0.3, -0.25) is 9.69 Å². The predicted molar refractivity (Wildman–Crippen MR) is 93.3 cm³/mol. The Bertz CT molecular complexity index is 740. The SMILES string of the molecule is O=C(CCN1C[C@H]2CC[C@@H]1C2)NCc1ccc(-c2ccc(F)cc2)o1. The molecule has 2 fully saturated rings. The first-order chi connectivity index (χ1) is 12.2. The van der Waals surface area contributed by atoms with Crippen LogP contribution in [0.3, 0.4) is 0 Å². The van der Waals surface area contributed by atoms with Gasteiger partial charge in [-0.1, -0.05) is 0 Å². The summed E-state index contributed by atoms with van der Waals surface area (Å²) in [5.74, 6) is 2.03. The predicted octanol–water partition coefficient (Wildman–Crippen LogP) is 3.58. The van der Waals surface area contributed by atoms with Crippen LogP contribution >= 0.6 is 0 Å². The van der Waals surface area contributed by atoms with Crippen molar-refractivity contribution in [2.75, 3.05) is 13.1 Å². The summed E-state index contributed by atoms with van der Waals surface area (Å²) < 4.78 is 18.7. The lowest BCUT2D eigenvalue weighted by Gasteiger charge is -2.26. The monoisotopic (exact) mass is 342 g/mol. The van der Waals surface area contributed by atoms with Crippen molar-refractivity contribution in [3.63, 3.8) is 0 Å². The molecule has 2 atom stereocenters. The number of likely N-dealkylation sites (tertiary alicyclic amines) is 1. The normalized spacial score (nSPS) is 22.4. The van der Waals surface area contributed by atoms with Crippen LogP contribution in [0.25, 0.3) is 11.3 Å². The Labute approximate surface area is 147 Å². The Morgan fingerprint density at radius 2 is 2.04 bits per heavy atom. The molecule has 2 heterocycles. The average Bonchev–Trinajstić information content (AvgIpc) is 3.35. The molecule has 2 aromatic rings. The maximum atomic E-state index is 13.0. The molecule has 1 aliphatic carbocycles. The zero-order chi connectivity index (χ0) is 17.2. The largest absolute Gasteiger partial charge is 0.459 e. The van der Waals surface area contributed by atoms with E-state index in [1.54, 1.807) is 12.1 Å². The minimum Gasteiger partial charge on any atom is -0.459 e. The number of hydrogen-bond donors (Lipinski definition) is 1. The number of rotatable bonds is 6. The molecule has 1 aromatic carbocycles. The van der Waals surface area contributed by atoms with E-state index in [0.29, 0.717) is 30.5 Å². The number of halogens is 1. The molecule has 4 nitrogen and oxygen atoms in total. The van der Waals surface area contributed by atoms with E-state index in [9.17, 15) is 9.18 Å². The molecular formula is C20H23FN2O2. The van der Waals surface area contributed by atoms with E-state index in [2.05, 4.69) is 10.2 Å². The molecule has 1 saturated carbocycles. The van der Waals surface area contributed by atoms with E-state index < -0.39 is 0 Å². The van der Waals surface area contributed by atoms with Crippen molar-refractivity contribution in [2.24, 2.45) is 5.92 Å². The Kier molecular flexibility index (Phi) is 4.57. The quantitative estimate of drug-likeness (QED) is 0.873. The summed E-state index contributed by atoms with van der Waals surface area (Å²) in [4.78, 5) is 14.5. The molecule has 0 unspecified atom stereocenters. The third-order valence-corrected chi connectivity index (χ3v) is 5.40. The van der Waals surface area contributed by atoms with Crippen LogP contribution in [0.2, 0.25) is 0 Å². The van der Waals surface area contributed by atoms with Gasteiger partial charge in [0.25, 0.3) is 0 Å². The highest BCUT2D eigenvalue weighted by molar-refractivity contribution is 5.76. The molecule has 5 heteroatoms. The lowest BCUT2D eigenvalue weighted by atomic mass is 10.1. The van der Waals surface area contributed by atoms with E-state index in [0.717, 1.165) is 24.6 Å². The average molecular weight is 342 g/mol. The van der Waals surface area contributed by atoms with Gasteiger partial charge < -0.3 is 9.73 Å². The molecule has 0 radical (unpaired) electrons. The first kappa shape index (κ1) is 16.3. The number of amides is 1. The van der Waals surface area contributed by atoms with Crippen molar-refractivity contribution < 1.29 is 13.6 Å². The molecule has 1 aromatic heterocycles. The van der Waals surface area contributed by atoms with Gasteiger partial charge in [-0.25, -0.2) is 4.39 Å². The second kappa shape index (κ2) is 7.00. The number of fused-ring (bicyclic) bond motifs is 2. The standard InChI is InChI=1S/C20H23FN2O2/c21-16-4-2-15(3-5-16)19-8-7-18(25-19)12-22-20(24)9-10-23-13-14-1-6-17(23)11-14/h2-5,7-8,14,17H,1,6,9-13H2,(H,22,24)/t14-,17+/m0/s1. The fourth-order valence-corrected chi connectivity index (χ4v) is 4.06.